The largest absolute Gasteiger partial charge is 0.510 e. The lowest BCUT2D eigenvalue weighted by Gasteiger charge is -2.42. The summed E-state index contributed by atoms with van der Waals surface area (Å²) in [6.45, 7) is -0.466. The number of benzene rings is 3. The maximum atomic E-state index is 15.5. The fourth-order valence-corrected chi connectivity index (χ4v) is 7.27. The van der Waals surface area contributed by atoms with Crippen molar-refractivity contribution >= 4 is 29.8 Å². The smallest absolute Gasteiger partial charge is 0.452 e. The number of pyridine rings is 1. The lowest BCUT2D eigenvalue weighted by molar-refractivity contribution is -0.137. The number of rotatable bonds is 6. The SMILES string of the molecule is COC(=O)OCOc1c2n(c(-c3cc(F)c(F)c4c3Cc3ccccc3SC4)c/c1=N\OC(=O)c1cccc(C(F)(F)F)c1)N[C@@H]1COCCN1C2=O. The van der Waals surface area contributed by atoms with Crippen LogP contribution in [0.15, 0.2) is 70.7 Å². The van der Waals surface area contributed by atoms with Crippen molar-refractivity contribution in [2.75, 3.05) is 39.1 Å². The van der Waals surface area contributed by atoms with E-state index < -0.39 is 65.7 Å². The lowest BCUT2D eigenvalue weighted by Crippen LogP contribution is -2.59. The van der Waals surface area contributed by atoms with Gasteiger partial charge in [0.15, 0.2) is 23.1 Å². The fourth-order valence-electron chi connectivity index (χ4n) is 6.17. The van der Waals surface area contributed by atoms with Gasteiger partial charge in [0.05, 0.1) is 37.1 Å². The number of amides is 1. The number of thioether (sulfide) groups is 1. The number of hydrogen-bond acceptors (Lipinski definition) is 11. The molecular formula is C35H27F5N4O8S. The van der Waals surface area contributed by atoms with Crippen LogP contribution in [0.25, 0.3) is 11.3 Å². The molecule has 4 aromatic rings. The zero-order valence-corrected chi connectivity index (χ0v) is 28.3. The van der Waals surface area contributed by atoms with Crippen LogP contribution in [0.5, 0.6) is 5.75 Å². The van der Waals surface area contributed by atoms with Gasteiger partial charge in [0, 0.05) is 28.3 Å². The molecule has 0 unspecified atom stereocenters. The second-order valence-corrected chi connectivity index (χ2v) is 12.8. The van der Waals surface area contributed by atoms with E-state index in [2.05, 4.69) is 15.3 Å². The number of nitrogens with zero attached hydrogens (tertiary/aromatic N) is 3. The molecule has 12 nitrogen and oxygen atoms in total. The van der Waals surface area contributed by atoms with Crippen LogP contribution in [0.2, 0.25) is 0 Å². The van der Waals surface area contributed by atoms with Crippen molar-refractivity contribution in [3.8, 4) is 17.0 Å². The first-order valence-electron chi connectivity index (χ1n) is 15.9. The molecule has 3 aliphatic heterocycles. The monoisotopic (exact) mass is 758 g/mol. The molecule has 0 spiro atoms. The van der Waals surface area contributed by atoms with Crippen molar-refractivity contribution in [3.05, 3.63) is 111 Å². The van der Waals surface area contributed by atoms with Gasteiger partial charge in [-0.05, 0) is 53.9 Å². The van der Waals surface area contributed by atoms with Gasteiger partial charge in [-0.25, -0.2) is 23.0 Å². The Morgan fingerprint density at radius 2 is 1.89 bits per heavy atom. The Kier molecular flexibility index (Phi) is 9.73. The molecule has 0 bridgehead atoms. The van der Waals surface area contributed by atoms with E-state index in [9.17, 15) is 27.6 Å². The summed E-state index contributed by atoms with van der Waals surface area (Å²) in [5.74, 6) is -4.49. The van der Waals surface area contributed by atoms with Crippen molar-refractivity contribution in [3.63, 3.8) is 0 Å². The lowest BCUT2D eigenvalue weighted by atomic mass is 9.92. The summed E-state index contributed by atoms with van der Waals surface area (Å²) >= 11 is 1.33. The summed E-state index contributed by atoms with van der Waals surface area (Å²) in [4.78, 5) is 46.5. The number of halogens is 5. The first-order valence-corrected chi connectivity index (χ1v) is 16.9. The van der Waals surface area contributed by atoms with E-state index in [0.717, 1.165) is 41.8 Å². The highest BCUT2D eigenvalue weighted by molar-refractivity contribution is 7.98. The molecule has 1 fully saturated rings. The van der Waals surface area contributed by atoms with Crippen LogP contribution < -0.4 is 15.5 Å². The summed E-state index contributed by atoms with van der Waals surface area (Å²) in [5.41, 5.74) is 2.78. The van der Waals surface area contributed by atoms with Crippen LogP contribution in [0.3, 0.4) is 0 Å². The Hall–Kier alpha value is -5.62. The van der Waals surface area contributed by atoms with Crippen molar-refractivity contribution in [2.45, 2.75) is 29.4 Å². The Balaban J connectivity index is 1.44. The molecular weight excluding hydrogens is 731 g/mol. The number of carbonyl (C=O) groups excluding carboxylic acids is 3. The molecule has 7 rings (SSSR count). The Morgan fingerprint density at radius 1 is 1.08 bits per heavy atom. The van der Waals surface area contributed by atoms with E-state index in [1.54, 1.807) is 0 Å². The quantitative estimate of drug-likeness (QED) is 0.0848. The number of ether oxygens (including phenoxy) is 4. The van der Waals surface area contributed by atoms with Gasteiger partial charge in [0.1, 0.15) is 11.5 Å². The average Bonchev–Trinajstić information content (AvgIpc) is 3.35. The van der Waals surface area contributed by atoms with Crippen LogP contribution in [0.4, 0.5) is 26.7 Å². The minimum Gasteiger partial charge on any atom is -0.452 e. The van der Waals surface area contributed by atoms with Crippen LogP contribution in [0, 0.1) is 11.6 Å². The van der Waals surface area contributed by atoms with E-state index in [4.69, 9.17) is 19.0 Å². The molecule has 3 aromatic carbocycles. The van der Waals surface area contributed by atoms with Gasteiger partial charge >= 0.3 is 18.3 Å². The predicted molar refractivity (Wildman–Crippen MR) is 175 cm³/mol. The highest BCUT2D eigenvalue weighted by atomic mass is 32.2. The zero-order chi connectivity index (χ0) is 37.4. The number of carbonyl (C=O) groups is 3. The number of fused-ring (bicyclic) bond motifs is 4. The summed E-state index contributed by atoms with van der Waals surface area (Å²) < 4.78 is 93.3. The summed E-state index contributed by atoms with van der Waals surface area (Å²) in [5, 5.41) is 3.51. The molecule has 1 saturated heterocycles. The van der Waals surface area contributed by atoms with Gasteiger partial charge in [-0.15, -0.1) is 11.8 Å². The number of hydrogen-bond donors (Lipinski definition) is 1. The molecule has 18 heteroatoms. The number of methoxy groups -OCH3 is 1. The van der Waals surface area contributed by atoms with Gasteiger partial charge in [-0.2, -0.15) is 13.2 Å². The summed E-state index contributed by atoms with van der Waals surface area (Å²) in [6, 6.07) is 13.0. The van der Waals surface area contributed by atoms with Crippen LogP contribution in [-0.2, 0) is 37.4 Å². The van der Waals surface area contributed by atoms with Gasteiger partial charge in [-0.1, -0.05) is 29.4 Å². The molecule has 53 heavy (non-hydrogen) atoms. The number of alkyl halides is 3. The maximum absolute atomic E-state index is 15.5. The molecule has 1 aromatic heterocycles. The Labute approximate surface area is 301 Å². The maximum Gasteiger partial charge on any atom is 0.510 e. The first-order chi connectivity index (χ1) is 25.4. The fraction of sp³-hybridized carbons (Fsp3) is 0.257. The van der Waals surface area contributed by atoms with Crippen LogP contribution in [0.1, 0.15) is 43.1 Å². The van der Waals surface area contributed by atoms with E-state index in [-0.39, 0.29) is 59.8 Å². The third-order valence-electron chi connectivity index (χ3n) is 8.68. The zero-order valence-electron chi connectivity index (χ0n) is 27.5. The highest BCUT2D eigenvalue weighted by Crippen LogP contribution is 2.41. The third kappa shape index (κ3) is 6.98. The normalized spacial score (nSPS) is 16.6. The van der Waals surface area contributed by atoms with Crippen LogP contribution in [-0.4, -0.2) is 67.4 Å². The molecule has 0 aliphatic carbocycles. The van der Waals surface area contributed by atoms with Crippen molar-refractivity contribution in [1.29, 1.82) is 0 Å². The van der Waals surface area contributed by atoms with E-state index in [1.165, 1.54) is 27.4 Å². The topological polar surface area (TPSA) is 130 Å². The summed E-state index contributed by atoms with van der Waals surface area (Å²) in [7, 11) is 1.05. The predicted octanol–water partition coefficient (Wildman–Crippen LogP) is 5.80. The highest BCUT2D eigenvalue weighted by Gasteiger charge is 2.39. The van der Waals surface area contributed by atoms with Gasteiger partial charge in [0.25, 0.3) is 5.91 Å². The second-order valence-electron chi connectivity index (χ2n) is 11.8. The second kappa shape index (κ2) is 14.4. The Morgan fingerprint density at radius 3 is 2.68 bits per heavy atom. The van der Waals surface area contributed by atoms with Crippen molar-refractivity contribution in [2.24, 2.45) is 5.16 Å². The molecule has 1 N–H and O–H groups in total. The molecule has 4 heterocycles. The third-order valence-corrected chi connectivity index (χ3v) is 9.82. The van der Waals surface area contributed by atoms with E-state index in [0.29, 0.717) is 11.6 Å². The van der Waals surface area contributed by atoms with Crippen molar-refractivity contribution in [1.82, 2.24) is 9.58 Å². The molecule has 0 radical (unpaired) electrons. The molecule has 3 aliphatic rings. The number of morpholine rings is 1. The number of nitrogens with one attached hydrogen (secondary N) is 1. The standard InChI is InChI=1S/C35H27F5N4O8S/c1-48-34(47)51-17-50-31-25(42-52-33(46)19-6-4-7-20(11-19)35(38,39)40)14-26(44-30(31)32(45)43-9-10-49-15-28(43)41-44)22-13-24(36)29(37)23-16-53-27-8-3-2-5-18(27)12-21(22)23/h2-8,11,13-14,28,41H,9-10,12,15-17H2,1H3/b42-25+/t28-/m0/s1. The van der Waals surface area contributed by atoms with Gasteiger partial charge in [-0.3, -0.25) is 4.79 Å². The first kappa shape index (κ1) is 35.8. The van der Waals surface area contributed by atoms with E-state index >= 15 is 8.78 Å². The Bertz CT molecular complexity index is 2210. The van der Waals surface area contributed by atoms with Gasteiger partial charge < -0.3 is 34.1 Å². The molecule has 1 amide bonds. The minimum absolute atomic E-state index is 0.0493. The number of aromatic nitrogens is 1. The minimum atomic E-state index is -4.76. The van der Waals surface area contributed by atoms with Crippen LogP contribution >= 0.6 is 11.8 Å². The van der Waals surface area contributed by atoms with Gasteiger partial charge in [0.2, 0.25) is 6.79 Å². The molecule has 276 valence electrons. The average molecular weight is 759 g/mol. The molecule has 1 atom stereocenters. The van der Waals surface area contributed by atoms with E-state index in [1.807, 2.05) is 24.3 Å². The molecule has 0 saturated carbocycles. The van der Waals surface area contributed by atoms with Crippen molar-refractivity contribution < 1.29 is 60.1 Å². The summed E-state index contributed by atoms with van der Waals surface area (Å²) in [6.07, 6.45) is -6.47.